The third-order valence-electron chi connectivity index (χ3n) is 4.08. The minimum atomic E-state index is 0.376. The highest BCUT2D eigenvalue weighted by Gasteiger charge is 2.16. The van der Waals surface area contributed by atoms with Crippen LogP contribution < -0.4 is 0 Å². The molecule has 3 aromatic rings. The Morgan fingerprint density at radius 3 is 2.65 bits per heavy atom. The predicted molar refractivity (Wildman–Crippen MR) is 93.8 cm³/mol. The first-order valence-corrected chi connectivity index (χ1v) is 7.73. The summed E-state index contributed by atoms with van der Waals surface area (Å²) in [6.45, 7) is 2.17. The summed E-state index contributed by atoms with van der Waals surface area (Å²) >= 11 is 0. The molecule has 0 bridgehead atoms. The van der Waals surface area contributed by atoms with Crippen molar-refractivity contribution in [1.29, 1.82) is 0 Å². The zero-order valence-corrected chi connectivity index (χ0v) is 12.8. The van der Waals surface area contributed by atoms with E-state index in [1.165, 1.54) is 0 Å². The van der Waals surface area contributed by atoms with Crippen molar-refractivity contribution in [2.24, 2.45) is 16.1 Å². The average molecular weight is 300 g/mol. The average Bonchev–Trinajstić information content (AvgIpc) is 2.62. The summed E-state index contributed by atoms with van der Waals surface area (Å²) in [6.07, 6.45) is 4.61. The van der Waals surface area contributed by atoms with Crippen molar-refractivity contribution < 1.29 is 0 Å². The van der Waals surface area contributed by atoms with Crippen LogP contribution in [-0.4, -0.2) is 21.9 Å². The van der Waals surface area contributed by atoms with Gasteiger partial charge in [-0.05, 0) is 18.6 Å². The maximum absolute atomic E-state index is 4.72. The minimum absolute atomic E-state index is 0.376. The van der Waals surface area contributed by atoms with Gasteiger partial charge in [0.1, 0.15) is 0 Å². The summed E-state index contributed by atoms with van der Waals surface area (Å²) in [5.41, 5.74) is 5.82. The fourth-order valence-electron chi connectivity index (χ4n) is 2.78. The van der Waals surface area contributed by atoms with Crippen LogP contribution in [0.15, 0.2) is 64.9 Å². The van der Waals surface area contributed by atoms with Crippen molar-refractivity contribution in [3.05, 3.63) is 60.3 Å². The molecule has 0 spiro atoms. The van der Waals surface area contributed by atoms with E-state index < -0.39 is 0 Å². The first kappa shape index (κ1) is 13.8. The Bertz CT molecular complexity index is 913. The van der Waals surface area contributed by atoms with Crippen LogP contribution in [-0.2, 0) is 0 Å². The number of rotatable bonds is 2. The molecule has 23 heavy (non-hydrogen) atoms. The molecule has 1 unspecified atom stereocenters. The van der Waals surface area contributed by atoms with Crippen LogP contribution >= 0.6 is 0 Å². The van der Waals surface area contributed by atoms with E-state index in [1.807, 2.05) is 54.9 Å². The van der Waals surface area contributed by atoms with Gasteiger partial charge in [0.15, 0.2) is 0 Å². The molecule has 4 nitrogen and oxygen atoms in total. The zero-order valence-electron chi connectivity index (χ0n) is 12.8. The lowest BCUT2D eigenvalue weighted by Crippen LogP contribution is -2.15. The summed E-state index contributed by atoms with van der Waals surface area (Å²) in [6, 6.07) is 16.2. The van der Waals surface area contributed by atoms with Gasteiger partial charge in [0, 0.05) is 23.3 Å². The van der Waals surface area contributed by atoms with Crippen molar-refractivity contribution in [2.45, 2.75) is 13.3 Å². The molecule has 0 N–H and O–H groups in total. The molecule has 0 radical (unpaired) electrons. The second kappa shape index (κ2) is 5.72. The topological polar surface area (TPSA) is 50.5 Å². The van der Waals surface area contributed by atoms with Crippen molar-refractivity contribution in [3.63, 3.8) is 0 Å². The Morgan fingerprint density at radius 2 is 1.83 bits per heavy atom. The largest absolute Gasteiger partial charge is 0.252 e. The summed E-state index contributed by atoms with van der Waals surface area (Å²) in [5, 5.41) is 8.34. The van der Waals surface area contributed by atoms with E-state index >= 15 is 0 Å². The smallest absolute Gasteiger partial charge is 0.0894 e. The fourth-order valence-corrected chi connectivity index (χ4v) is 2.78. The van der Waals surface area contributed by atoms with Gasteiger partial charge in [-0.2, -0.15) is 10.2 Å². The van der Waals surface area contributed by atoms with Gasteiger partial charge in [0.05, 0.1) is 28.6 Å². The third kappa shape index (κ3) is 2.63. The zero-order chi connectivity index (χ0) is 15.6. The van der Waals surface area contributed by atoms with Crippen LogP contribution in [0.5, 0.6) is 0 Å². The highest BCUT2D eigenvalue weighted by atomic mass is 15.2. The number of benzene rings is 2. The molecule has 0 saturated heterocycles. The van der Waals surface area contributed by atoms with Crippen LogP contribution in [0.3, 0.4) is 0 Å². The second-order valence-corrected chi connectivity index (χ2v) is 5.74. The number of fused-ring (bicyclic) bond motifs is 1. The van der Waals surface area contributed by atoms with Crippen molar-refractivity contribution >= 4 is 23.0 Å². The van der Waals surface area contributed by atoms with Crippen LogP contribution in [0.4, 0.5) is 0 Å². The van der Waals surface area contributed by atoms with Gasteiger partial charge in [-0.15, -0.1) is 0 Å². The summed E-state index contributed by atoms with van der Waals surface area (Å²) in [7, 11) is 0. The van der Waals surface area contributed by atoms with Gasteiger partial charge >= 0.3 is 0 Å². The molecule has 1 aromatic heterocycles. The van der Waals surface area contributed by atoms with E-state index in [1.54, 1.807) is 0 Å². The highest BCUT2D eigenvalue weighted by molar-refractivity contribution is 6.05. The molecule has 4 heteroatoms. The van der Waals surface area contributed by atoms with Crippen molar-refractivity contribution in [2.75, 3.05) is 0 Å². The Hall–Kier alpha value is -2.88. The second-order valence-electron chi connectivity index (χ2n) is 5.74. The van der Waals surface area contributed by atoms with E-state index in [0.717, 1.165) is 40.0 Å². The number of aromatic nitrogens is 2. The summed E-state index contributed by atoms with van der Waals surface area (Å²) in [4.78, 5) is 9.30. The lowest BCUT2D eigenvalue weighted by molar-refractivity contribution is 0.801. The lowest BCUT2D eigenvalue weighted by Gasteiger charge is -2.15. The molecule has 1 aliphatic rings. The van der Waals surface area contributed by atoms with Gasteiger partial charge in [-0.1, -0.05) is 43.3 Å². The van der Waals surface area contributed by atoms with Gasteiger partial charge in [-0.25, -0.2) is 4.98 Å². The number of hydrogen-bond acceptors (Lipinski definition) is 4. The molecule has 0 saturated carbocycles. The van der Waals surface area contributed by atoms with Gasteiger partial charge in [0.2, 0.25) is 0 Å². The van der Waals surface area contributed by atoms with Gasteiger partial charge in [-0.3, -0.25) is 4.98 Å². The van der Waals surface area contributed by atoms with Gasteiger partial charge in [0.25, 0.3) is 0 Å². The van der Waals surface area contributed by atoms with E-state index in [-0.39, 0.29) is 0 Å². The molecule has 0 amide bonds. The molecular weight excluding hydrogens is 284 g/mol. The molecule has 0 aliphatic carbocycles. The standard InChI is InChI=1S/C19H16N4/c1-13-9-10-21-23-19(13)15-7-8-16-17(11-15)20-12-18(22-16)14-5-3-2-4-6-14/h2-8,10-13H,9H2,1H3. The SMILES string of the molecule is CC1CC=NN=C1c1ccc2nc(-c3ccccc3)cnc2c1. The maximum Gasteiger partial charge on any atom is 0.0894 e. The molecule has 0 fully saturated rings. The quantitative estimate of drug-likeness (QED) is 0.715. The normalized spacial score (nSPS) is 17.3. The van der Waals surface area contributed by atoms with Crippen LogP contribution in [0.2, 0.25) is 0 Å². The third-order valence-corrected chi connectivity index (χ3v) is 4.08. The maximum atomic E-state index is 4.72. The van der Waals surface area contributed by atoms with E-state index in [9.17, 15) is 0 Å². The van der Waals surface area contributed by atoms with E-state index in [4.69, 9.17) is 4.98 Å². The first-order valence-electron chi connectivity index (χ1n) is 7.73. The van der Waals surface area contributed by atoms with E-state index in [0.29, 0.717) is 5.92 Å². The Labute approximate surface area is 134 Å². The number of nitrogens with zero attached hydrogens (tertiary/aromatic N) is 4. The molecule has 2 aromatic carbocycles. The fraction of sp³-hybridized carbons (Fsp3) is 0.158. The first-order chi connectivity index (χ1) is 11.3. The Kier molecular flexibility index (Phi) is 3.42. The molecule has 1 atom stereocenters. The number of hydrogen-bond donors (Lipinski definition) is 0. The van der Waals surface area contributed by atoms with Crippen LogP contribution in [0.1, 0.15) is 18.9 Å². The molecule has 1 aliphatic heterocycles. The highest BCUT2D eigenvalue weighted by Crippen LogP contribution is 2.22. The monoisotopic (exact) mass is 300 g/mol. The molecule has 4 rings (SSSR count). The van der Waals surface area contributed by atoms with Gasteiger partial charge < -0.3 is 0 Å². The Morgan fingerprint density at radius 1 is 0.957 bits per heavy atom. The molecular formula is C19H16N4. The minimum Gasteiger partial charge on any atom is -0.252 e. The molecule has 2 heterocycles. The predicted octanol–water partition coefficient (Wildman–Crippen LogP) is 4.11. The van der Waals surface area contributed by atoms with Crippen molar-refractivity contribution in [3.8, 4) is 11.3 Å². The summed E-state index contributed by atoms with van der Waals surface area (Å²) < 4.78 is 0. The Balaban J connectivity index is 1.76. The van der Waals surface area contributed by atoms with Crippen LogP contribution in [0.25, 0.3) is 22.3 Å². The van der Waals surface area contributed by atoms with Crippen LogP contribution in [0, 0.1) is 5.92 Å². The lowest BCUT2D eigenvalue weighted by atomic mass is 9.95. The molecule has 112 valence electrons. The van der Waals surface area contributed by atoms with Crippen molar-refractivity contribution in [1.82, 2.24) is 9.97 Å². The van der Waals surface area contributed by atoms with E-state index in [2.05, 4.69) is 28.2 Å². The summed E-state index contributed by atoms with van der Waals surface area (Å²) in [5.74, 6) is 0.376.